The number of carboxylic acid groups (broad SMARTS) is 1. The Balaban J connectivity index is -0.0000000300. The molecule has 0 rings (SSSR count). The van der Waals surface area contributed by atoms with Crippen LogP contribution >= 0.6 is 0 Å². The number of nitrogens with zero attached hydrogens (tertiary/aromatic N) is 1. The first kappa shape index (κ1) is 22.4. The molecule has 0 aromatic carbocycles. The van der Waals surface area contributed by atoms with Gasteiger partial charge in [0.1, 0.15) is 0 Å². The molecule has 0 unspecified atom stereocenters. The zero-order chi connectivity index (χ0) is 7.15. The van der Waals surface area contributed by atoms with Gasteiger partial charge in [0, 0.05) is 68.2 Å². The average Bonchev–Trinajstić information content (AvgIpc) is 1.25. The van der Waals surface area contributed by atoms with Crippen molar-refractivity contribution in [3.63, 3.8) is 0 Å². The van der Waals surface area contributed by atoms with Gasteiger partial charge in [0.2, 0.25) is 0 Å². The van der Waals surface area contributed by atoms with Crippen molar-refractivity contribution in [2.45, 2.75) is 6.92 Å². The molecule has 0 aromatic rings. The van der Waals surface area contributed by atoms with Crippen molar-refractivity contribution in [1.29, 1.82) is 0 Å². The van der Waals surface area contributed by atoms with Crippen molar-refractivity contribution in [1.82, 2.24) is 0 Å². The summed E-state index contributed by atoms with van der Waals surface area (Å²) in [7, 11) is 0. The van der Waals surface area contributed by atoms with Gasteiger partial charge in [0.25, 0.3) is 0 Å². The molecule has 0 aliphatic heterocycles. The van der Waals surface area contributed by atoms with Crippen molar-refractivity contribution in [3.05, 3.63) is 15.3 Å². The Hall–Kier alpha value is 0.774. The second kappa shape index (κ2) is 16.4. The first-order chi connectivity index (χ1) is 3.46. The van der Waals surface area contributed by atoms with E-state index in [0.717, 1.165) is 6.92 Å². The molecule has 6 nitrogen and oxygen atoms in total. The van der Waals surface area contributed by atoms with Gasteiger partial charge in [0.05, 0.1) is 5.09 Å². The first-order valence-corrected chi connectivity index (χ1v) is 1.46. The summed E-state index contributed by atoms with van der Waals surface area (Å²) in [6.07, 6.45) is 0. The molecule has 0 saturated carbocycles. The van der Waals surface area contributed by atoms with Crippen LogP contribution in [0.3, 0.4) is 0 Å². The summed E-state index contributed by atoms with van der Waals surface area (Å²) in [6, 6.07) is 0. The molecule has 0 radical (unpaired) electrons. The predicted molar refractivity (Wildman–Crippen MR) is 21.0 cm³/mol. The normalized spacial score (nSPS) is 4.90. The molecule has 0 atom stereocenters. The third-order valence-corrected chi connectivity index (χ3v) is 0. The van der Waals surface area contributed by atoms with E-state index in [9.17, 15) is 0 Å². The fourth-order valence-corrected chi connectivity index (χ4v) is 0. The Morgan fingerprint density at radius 3 is 1.30 bits per heavy atom. The van der Waals surface area contributed by atoms with E-state index < -0.39 is 11.1 Å². The van der Waals surface area contributed by atoms with Gasteiger partial charge in [0.15, 0.2) is 0 Å². The van der Waals surface area contributed by atoms with E-state index in [4.69, 9.17) is 25.2 Å². The molecule has 8 heteroatoms. The molecule has 0 aromatic heterocycles. The van der Waals surface area contributed by atoms with E-state index >= 15 is 0 Å². The van der Waals surface area contributed by atoms with Crippen molar-refractivity contribution in [2.75, 3.05) is 0 Å². The van der Waals surface area contributed by atoms with Crippen molar-refractivity contribution >= 4 is 5.97 Å². The maximum absolute atomic E-state index is 8.89. The summed E-state index contributed by atoms with van der Waals surface area (Å²) in [5.74, 6) is -1.08. The van der Waals surface area contributed by atoms with Gasteiger partial charge < -0.3 is 25.2 Å². The van der Waals surface area contributed by atoms with Crippen LogP contribution in [0.4, 0.5) is 0 Å². The minimum atomic E-state index is -1.75. The van der Waals surface area contributed by atoms with Crippen molar-refractivity contribution < 1.29 is 77.2 Å². The van der Waals surface area contributed by atoms with Gasteiger partial charge >= 0.3 is 0 Å². The number of carboxylic acids is 1. The minimum absolute atomic E-state index is 0. The fourth-order valence-electron chi connectivity index (χ4n) is 0. The molecule has 0 fully saturated rings. The summed E-state index contributed by atoms with van der Waals surface area (Å²) in [6.45, 7) is 0.972. The van der Waals surface area contributed by atoms with Gasteiger partial charge in [-0.2, -0.15) is 0 Å². The standard InChI is InChI=1S/C2H4O2.NO3.2U/c1-2(3)4;2-1(3)4;;/h1H3,(H,3,4);;;/q;-1;;/p-1. The number of carbonyl (C=O) groups is 1. The molecule has 0 aliphatic rings. The van der Waals surface area contributed by atoms with Crippen LogP contribution in [0.15, 0.2) is 0 Å². The second-order valence-corrected chi connectivity index (χ2v) is 0.715. The molecule has 0 aliphatic carbocycles. The summed E-state index contributed by atoms with van der Waals surface area (Å²) in [5, 5.41) is 23.6. The van der Waals surface area contributed by atoms with Crippen LogP contribution in [0.5, 0.6) is 0 Å². The Morgan fingerprint density at radius 1 is 1.30 bits per heavy atom. The first-order valence-electron chi connectivity index (χ1n) is 1.46. The SMILES string of the molecule is CC(=O)[O-].O=[N+]([O-])[O-].[U].[U]. The van der Waals surface area contributed by atoms with Crippen molar-refractivity contribution in [3.8, 4) is 0 Å². The van der Waals surface area contributed by atoms with E-state index in [1.165, 1.54) is 0 Å². The van der Waals surface area contributed by atoms with E-state index in [0.29, 0.717) is 0 Å². The maximum Gasteiger partial charge on any atom is 0.0689 e. The molecule has 0 bridgehead atoms. The zero-order valence-corrected chi connectivity index (χ0v) is 13.3. The Kier molecular flexibility index (Phi) is 36.8. The number of hydrogen-bond donors (Lipinski definition) is 0. The largest absolute Gasteiger partial charge is 0.550 e. The summed E-state index contributed by atoms with van der Waals surface area (Å²) >= 11 is 0. The van der Waals surface area contributed by atoms with Gasteiger partial charge in [-0.15, -0.1) is 0 Å². The van der Waals surface area contributed by atoms with Crippen LogP contribution in [0.2, 0.25) is 0 Å². The summed E-state index contributed by atoms with van der Waals surface area (Å²) in [4.78, 5) is 17.1. The van der Waals surface area contributed by atoms with E-state index in [1.54, 1.807) is 0 Å². The average molecular weight is 597 g/mol. The van der Waals surface area contributed by atoms with E-state index in [1.807, 2.05) is 0 Å². The topological polar surface area (TPSA) is 106 Å². The van der Waals surface area contributed by atoms with Crippen LogP contribution in [0.1, 0.15) is 6.92 Å². The smallest absolute Gasteiger partial charge is 0.0689 e. The number of aliphatic carboxylic acids is 1. The quantitative estimate of drug-likeness (QED) is 0.250. The molecule has 56 valence electrons. The molecule has 10 heavy (non-hydrogen) atoms. The number of hydrogen-bond acceptors (Lipinski definition) is 5. The third kappa shape index (κ3) is 885. The molecular weight excluding hydrogens is 594 g/mol. The third-order valence-electron chi connectivity index (χ3n) is 0. The molecule has 0 spiro atoms. The van der Waals surface area contributed by atoms with Crippen LogP contribution in [0.25, 0.3) is 0 Å². The minimum Gasteiger partial charge on any atom is -0.550 e. The van der Waals surface area contributed by atoms with Crippen LogP contribution in [-0.4, -0.2) is 11.1 Å². The monoisotopic (exact) mass is 597 g/mol. The fraction of sp³-hybridized carbons (Fsp3) is 0.500. The Labute approximate surface area is 104 Å². The predicted octanol–water partition coefficient (Wildman–Crippen LogP) is -1.48. The zero-order valence-electron chi connectivity index (χ0n) is 4.99. The Morgan fingerprint density at radius 2 is 1.30 bits per heavy atom. The maximum atomic E-state index is 8.89. The second-order valence-electron chi connectivity index (χ2n) is 0.715. The number of carbonyl (C=O) groups excluding carboxylic acids is 1. The van der Waals surface area contributed by atoms with Gasteiger partial charge in [-0.1, -0.05) is 0 Å². The van der Waals surface area contributed by atoms with Crippen LogP contribution < -0.4 is 5.11 Å². The number of rotatable bonds is 0. The molecular formula is C2H3NO5U2-2. The Bertz CT molecular complexity index is 75.6. The summed E-state index contributed by atoms with van der Waals surface area (Å²) in [5.41, 5.74) is 0. The van der Waals surface area contributed by atoms with Crippen molar-refractivity contribution in [2.24, 2.45) is 0 Å². The van der Waals surface area contributed by atoms with Gasteiger partial charge in [-0.3, -0.25) is 0 Å². The molecule has 0 heterocycles. The summed E-state index contributed by atoms with van der Waals surface area (Å²) < 4.78 is 0. The van der Waals surface area contributed by atoms with Crippen LogP contribution in [-0.2, 0) is 4.79 Å². The molecule has 0 amide bonds. The molecule has 0 N–H and O–H groups in total. The van der Waals surface area contributed by atoms with E-state index in [2.05, 4.69) is 0 Å². The molecule has 0 saturated heterocycles. The van der Waals surface area contributed by atoms with Crippen LogP contribution in [0, 0.1) is 77.5 Å². The van der Waals surface area contributed by atoms with Gasteiger partial charge in [-0.25, -0.2) is 0 Å². The van der Waals surface area contributed by atoms with E-state index in [-0.39, 0.29) is 62.2 Å². The van der Waals surface area contributed by atoms with Gasteiger partial charge in [-0.05, 0) is 6.92 Å².